The molecule has 0 unspecified atom stereocenters. The van der Waals surface area contributed by atoms with E-state index < -0.39 is 11.8 Å². The third kappa shape index (κ3) is 4.04. The van der Waals surface area contributed by atoms with Crippen LogP contribution in [0.15, 0.2) is 42.5 Å². The molecule has 0 bridgehead atoms. The van der Waals surface area contributed by atoms with Crippen LogP contribution in [0.5, 0.6) is 11.5 Å². The highest BCUT2D eigenvalue weighted by atomic mass is 16.5. The van der Waals surface area contributed by atoms with E-state index >= 15 is 0 Å². The topological polar surface area (TPSA) is 76.7 Å². The van der Waals surface area contributed by atoms with Crippen molar-refractivity contribution in [1.29, 1.82) is 0 Å². The van der Waals surface area contributed by atoms with Crippen molar-refractivity contribution >= 4 is 23.2 Å². The highest BCUT2D eigenvalue weighted by molar-refractivity contribution is 6.43. The smallest absolute Gasteiger partial charge is 0.314 e. The lowest BCUT2D eigenvalue weighted by Crippen LogP contribution is -2.29. The molecule has 0 heterocycles. The van der Waals surface area contributed by atoms with Crippen molar-refractivity contribution in [3.63, 3.8) is 0 Å². The van der Waals surface area contributed by atoms with Crippen molar-refractivity contribution in [2.24, 2.45) is 0 Å². The minimum absolute atomic E-state index is 0.362. The molecule has 126 valence electrons. The Bertz CT molecular complexity index is 744. The summed E-state index contributed by atoms with van der Waals surface area (Å²) in [5.74, 6) is -0.554. The Labute approximate surface area is 140 Å². The van der Waals surface area contributed by atoms with Crippen LogP contribution >= 0.6 is 0 Å². The molecule has 0 fully saturated rings. The first-order valence-corrected chi connectivity index (χ1v) is 7.51. The number of nitrogens with one attached hydrogen (secondary N) is 2. The largest absolute Gasteiger partial charge is 0.497 e. The van der Waals surface area contributed by atoms with Crippen molar-refractivity contribution < 1.29 is 19.1 Å². The fraction of sp³-hybridized carbons (Fsp3) is 0.222. The number of aryl methyl sites for hydroxylation is 1. The molecule has 0 spiro atoms. The molecule has 2 aromatic rings. The second-order valence-electron chi connectivity index (χ2n) is 4.99. The van der Waals surface area contributed by atoms with Gasteiger partial charge in [-0.25, -0.2) is 0 Å². The second-order valence-corrected chi connectivity index (χ2v) is 4.99. The highest BCUT2D eigenvalue weighted by Crippen LogP contribution is 2.28. The van der Waals surface area contributed by atoms with Crippen molar-refractivity contribution in [3.05, 3.63) is 48.0 Å². The Kier molecular flexibility index (Phi) is 5.78. The van der Waals surface area contributed by atoms with Crippen LogP contribution in [0.25, 0.3) is 0 Å². The molecule has 0 atom stereocenters. The first kappa shape index (κ1) is 17.3. The molecule has 2 amide bonds. The third-order valence-corrected chi connectivity index (χ3v) is 3.51. The fourth-order valence-corrected chi connectivity index (χ4v) is 2.22. The average Bonchev–Trinajstić information content (AvgIpc) is 2.61. The molecular formula is C18H20N2O4. The Morgan fingerprint density at radius 1 is 0.917 bits per heavy atom. The van der Waals surface area contributed by atoms with Crippen LogP contribution in [0.4, 0.5) is 11.4 Å². The molecule has 2 aromatic carbocycles. The van der Waals surface area contributed by atoms with Crippen molar-refractivity contribution in [2.75, 3.05) is 24.9 Å². The van der Waals surface area contributed by atoms with Gasteiger partial charge in [0.25, 0.3) is 0 Å². The van der Waals surface area contributed by atoms with Crippen LogP contribution in [0.3, 0.4) is 0 Å². The van der Waals surface area contributed by atoms with Gasteiger partial charge in [-0.3, -0.25) is 9.59 Å². The molecule has 2 rings (SSSR count). The van der Waals surface area contributed by atoms with Gasteiger partial charge in [-0.2, -0.15) is 0 Å². The summed E-state index contributed by atoms with van der Waals surface area (Å²) in [6.45, 7) is 1.98. The molecule has 0 saturated heterocycles. The SMILES string of the molecule is CCc1ccccc1NC(=O)C(=O)Nc1cc(OC)ccc1OC. The van der Waals surface area contributed by atoms with Gasteiger partial charge in [-0.15, -0.1) is 0 Å². The van der Waals surface area contributed by atoms with Gasteiger partial charge in [0.15, 0.2) is 0 Å². The highest BCUT2D eigenvalue weighted by Gasteiger charge is 2.17. The van der Waals surface area contributed by atoms with E-state index in [0.29, 0.717) is 22.9 Å². The monoisotopic (exact) mass is 328 g/mol. The van der Waals surface area contributed by atoms with E-state index in [1.54, 1.807) is 30.3 Å². The number of hydrogen-bond donors (Lipinski definition) is 2. The summed E-state index contributed by atoms with van der Waals surface area (Å²) >= 11 is 0. The Morgan fingerprint density at radius 3 is 2.21 bits per heavy atom. The number of hydrogen-bond acceptors (Lipinski definition) is 4. The summed E-state index contributed by atoms with van der Waals surface area (Å²) in [5.41, 5.74) is 1.94. The Morgan fingerprint density at radius 2 is 1.58 bits per heavy atom. The van der Waals surface area contributed by atoms with E-state index in [9.17, 15) is 9.59 Å². The molecule has 0 saturated carbocycles. The van der Waals surface area contributed by atoms with E-state index in [2.05, 4.69) is 10.6 Å². The number of benzene rings is 2. The lowest BCUT2D eigenvalue weighted by atomic mass is 10.1. The number of carbonyl (C=O) groups is 2. The standard InChI is InChI=1S/C18H20N2O4/c1-4-12-7-5-6-8-14(12)19-17(21)18(22)20-15-11-13(23-2)9-10-16(15)24-3/h5-11H,4H2,1-3H3,(H,19,21)(H,20,22). The van der Waals surface area contributed by atoms with Crippen molar-refractivity contribution in [2.45, 2.75) is 13.3 Å². The predicted octanol–water partition coefficient (Wildman–Crippen LogP) is 2.84. The molecule has 6 heteroatoms. The molecule has 0 aliphatic heterocycles. The van der Waals surface area contributed by atoms with Crippen LogP contribution in [0.2, 0.25) is 0 Å². The van der Waals surface area contributed by atoms with Gasteiger partial charge in [0.2, 0.25) is 0 Å². The van der Waals surface area contributed by atoms with Crippen LogP contribution in [-0.4, -0.2) is 26.0 Å². The van der Waals surface area contributed by atoms with Crippen LogP contribution in [-0.2, 0) is 16.0 Å². The number of anilines is 2. The Hall–Kier alpha value is -3.02. The van der Waals surface area contributed by atoms with E-state index in [1.807, 2.05) is 19.1 Å². The zero-order valence-electron chi connectivity index (χ0n) is 13.9. The van der Waals surface area contributed by atoms with E-state index in [-0.39, 0.29) is 0 Å². The lowest BCUT2D eigenvalue weighted by molar-refractivity contribution is -0.133. The third-order valence-electron chi connectivity index (χ3n) is 3.51. The lowest BCUT2D eigenvalue weighted by Gasteiger charge is -2.12. The minimum atomic E-state index is -0.785. The zero-order valence-corrected chi connectivity index (χ0v) is 13.9. The number of amides is 2. The number of methoxy groups -OCH3 is 2. The number of ether oxygens (including phenoxy) is 2. The van der Waals surface area contributed by atoms with Crippen LogP contribution in [0.1, 0.15) is 12.5 Å². The van der Waals surface area contributed by atoms with E-state index in [1.165, 1.54) is 14.2 Å². The van der Waals surface area contributed by atoms with Gasteiger partial charge < -0.3 is 20.1 Å². The maximum Gasteiger partial charge on any atom is 0.314 e. The number of para-hydroxylation sites is 1. The quantitative estimate of drug-likeness (QED) is 0.828. The fourth-order valence-electron chi connectivity index (χ4n) is 2.22. The van der Waals surface area contributed by atoms with Crippen molar-refractivity contribution in [3.8, 4) is 11.5 Å². The molecule has 0 aromatic heterocycles. The second kappa shape index (κ2) is 8.01. The van der Waals surface area contributed by atoms with Gasteiger partial charge in [0, 0.05) is 11.8 Å². The van der Waals surface area contributed by atoms with Crippen LogP contribution in [0, 0.1) is 0 Å². The summed E-state index contributed by atoms with van der Waals surface area (Å²) in [5, 5.41) is 5.16. The van der Waals surface area contributed by atoms with Crippen LogP contribution < -0.4 is 20.1 Å². The molecule has 0 radical (unpaired) electrons. The summed E-state index contributed by atoms with van der Waals surface area (Å²) < 4.78 is 10.3. The summed E-state index contributed by atoms with van der Waals surface area (Å²) in [6, 6.07) is 12.3. The molecule has 2 N–H and O–H groups in total. The normalized spacial score (nSPS) is 9.96. The maximum absolute atomic E-state index is 12.2. The predicted molar refractivity (Wildman–Crippen MR) is 92.6 cm³/mol. The van der Waals surface area contributed by atoms with Gasteiger partial charge in [-0.1, -0.05) is 25.1 Å². The molecule has 0 aliphatic carbocycles. The molecule has 24 heavy (non-hydrogen) atoms. The summed E-state index contributed by atoms with van der Waals surface area (Å²) in [6.07, 6.45) is 0.752. The van der Waals surface area contributed by atoms with Gasteiger partial charge in [-0.05, 0) is 30.2 Å². The minimum Gasteiger partial charge on any atom is -0.497 e. The van der Waals surface area contributed by atoms with Gasteiger partial charge in [0.05, 0.1) is 19.9 Å². The maximum atomic E-state index is 12.2. The van der Waals surface area contributed by atoms with Gasteiger partial charge >= 0.3 is 11.8 Å². The van der Waals surface area contributed by atoms with E-state index in [0.717, 1.165) is 12.0 Å². The first-order chi connectivity index (χ1) is 11.6. The summed E-state index contributed by atoms with van der Waals surface area (Å²) in [7, 11) is 3.00. The number of carbonyl (C=O) groups excluding carboxylic acids is 2. The average molecular weight is 328 g/mol. The number of rotatable bonds is 5. The van der Waals surface area contributed by atoms with Gasteiger partial charge in [0.1, 0.15) is 11.5 Å². The zero-order chi connectivity index (χ0) is 17.5. The molecule has 6 nitrogen and oxygen atoms in total. The van der Waals surface area contributed by atoms with Crippen molar-refractivity contribution in [1.82, 2.24) is 0 Å². The molecular weight excluding hydrogens is 308 g/mol. The Balaban J connectivity index is 2.13. The van der Waals surface area contributed by atoms with E-state index in [4.69, 9.17) is 9.47 Å². The molecule has 0 aliphatic rings. The summed E-state index contributed by atoms with van der Waals surface area (Å²) in [4.78, 5) is 24.3. The first-order valence-electron chi connectivity index (χ1n) is 7.51.